The topological polar surface area (TPSA) is 40.2 Å². The molecule has 3 nitrogen and oxygen atoms in total. The third-order valence-electron chi connectivity index (χ3n) is 2.73. The Hall–Kier alpha value is -1.92. The zero-order valence-electron chi connectivity index (χ0n) is 10.1. The van der Waals surface area contributed by atoms with Gasteiger partial charge in [-0.05, 0) is 37.3 Å². The van der Waals surface area contributed by atoms with E-state index in [2.05, 4.69) is 11.0 Å². The number of rotatable bonds is 4. The van der Waals surface area contributed by atoms with Crippen LogP contribution in [0.15, 0.2) is 41.0 Å². The van der Waals surface area contributed by atoms with Gasteiger partial charge in [0.2, 0.25) is 0 Å². The molecular formula is C14H13ClN2O. The number of halogens is 1. The van der Waals surface area contributed by atoms with E-state index in [4.69, 9.17) is 21.3 Å². The first-order chi connectivity index (χ1) is 8.74. The van der Waals surface area contributed by atoms with E-state index in [1.165, 1.54) is 0 Å². The summed E-state index contributed by atoms with van der Waals surface area (Å²) in [7, 11) is 0. The highest BCUT2D eigenvalue weighted by molar-refractivity contribution is 6.30. The number of anilines is 1. The largest absolute Gasteiger partial charge is 0.467 e. The van der Waals surface area contributed by atoms with E-state index in [0.29, 0.717) is 17.1 Å². The van der Waals surface area contributed by atoms with Crippen LogP contribution >= 0.6 is 11.6 Å². The van der Waals surface area contributed by atoms with E-state index in [1.807, 2.05) is 25.1 Å². The van der Waals surface area contributed by atoms with Crippen LogP contribution in [-0.4, -0.2) is 6.54 Å². The Morgan fingerprint density at radius 2 is 2.22 bits per heavy atom. The van der Waals surface area contributed by atoms with Gasteiger partial charge in [0.25, 0.3) is 0 Å². The molecule has 0 fully saturated rings. The SMILES string of the molecule is CCN(Cc1ccco1)c1ccc(Cl)cc1C#N. The van der Waals surface area contributed by atoms with Crippen LogP contribution in [0.2, 0.25) is 5.02 Å². The van der Waals surface area contributed by atoms with Crippen molar-refractivity contribution in [2.24, 2.45) is 0 Å². The fourth-order valence-electron chi connectivity index (χ4n) is 1.83. The number of nitrogens with zero attached hydrogens (tertiary/aromatic N) is 2. The van der Waals surface area contributed by atoms with Crippen molar-refractivity contribution in [1.29, 1.82) is 5.26 Å². The van der Waals surface area contributed by atoms with Crippen molar-refractivity contribution in [3.8, 4) is 6.07 Å². The van der Waals surface area contributed by atoms with Crippen LogP contribution in [0.1, 0.15) is 18.2 Å². The maximum atomic E-state index is 9.15. The molecule has 0 saturated carbocycles. The Bertz CT molecular complexity index is 558. The summed E-state index contributed by atoms with van der Waals surface area (Å²) in [6, 6.07) is 11.3. The highest BCUT2D eigenvalue weighted by Gasteiger charge is 2.11. The van der Waals surface area contributed by atoms with Crippen LogP contribution in [-0.2, 0) is 6.54 Å². The molecule has 92 valence electrons. The second-order valence-electron chi connectivity index (χ2n) is 3.87. The molecule has 0 amide bonds. The highest BCUT2D eigenvalue weighted by Crippen LogP contribution is 2.25. The molecule has 0 saturated heterocycles. The summed E-state index contributed by atoms with van der Waals surface area (Å²) < 4.78 is 5.33. The average Bonchev–Trinajstić information content (AvgIpc) is 2.89. The summed E-state index contributed by atoms with van der Waals surface area (Å²) in [5.41, 5.74) is 1.46. The first-order valence-electron chi connectivity index (χ1n) is 5.71. The third kappa shape index (κ3) is 2.66. The van der Waals surface area contributed by atoms with Crippen molar-refractivity contribution in [2.45, 2.75) is 13.5 Å². The molecule has 0 aliphatic carbocycles. The second kappa shape index (κ2) is 5.61. The lowest BCUT2D eigenvalue weighted by molar-refractivity contribution is 0.503. The normalized spacial score (nSPS) is 10.1. The standard InChI is InChI=1S/C14H13ClN2O/c1-2-17(10-13-4-3-7-18-13)14-6-5-12(15)8-11(14)9-16/h3-8H,2,10H2,1H3. The predicted octanol–water partition coefficient (Wildman–Crippen LogP) is 3.83. The van der Waals surface area contributed by atoms with Gasteiger partial charge in [-0.1, -0.05) is 11.6 Å². The van der Waals surface area contributed by atoms with E-state index in [9.17, 15) is 0 Å². The van der Waals surface area contributed by atoms with E-state index in [1.54, 1.807) is 18.4 Å². The Morgan fingerprint density at radius 3 is 2.83 bits per heavy atom. The van der Waals surface area contributed by atoms with Crippen molar-refractivity contribution >= 4 is 17.3 Å². The van der Waals surface area contributed by atoms with E-state index >= 15 is 0 Å². The summed E-state index contributed by atoms with van der Waals surface area (Å²) in [6.07, 6.45) is 1.65. The minimum atomic E-state index is 0.573. The molecule has 2 rings (SSSR count). The van der Waals surface area contributed by atoms with Gasteiger partial charge in [-0.25, -0.2) is 0 Å². The van der Waals surface area contributed by atoms with Gasteiger partial charge in [0, 0.05) is 11.6 Å². The molecule has 0 N–H and O–H groups in total. The molecule has 18 heavy (non-hydrogen) atoms. The minimum Gasteiger partial charge on any atom is -0.467 e. The van der Waals surface area contributed by atoms with Crippen LogP contribution < -0.4 is 4.90 Å². The molecule has 0 radical (unpaired) electrons. The van der Waals surface area contributed by atoms with Gasteiger partial charge < -0.3 is 9.32 Å². The first-order valence-corrected chi connectivity index (χ1v) is 6.09. The molecule has 1 aromatic carbocycles. The molecule has 1 aromatic heterocycles. The predicted molar refractivity (Wildman–Crippen MR) is 71.6 cm³/mol. The van der Waals surface area contributed by atoms with Gasteiger partial charge in [-0.3, -0.25) is 0 Å². The summed E-state index contributed by atoms with van der Waals surface area (Å²) in [4.78, 5) is 2.08. The van der Waals surface area contributed by atoms with E-state index < -0.39 is 0 Å². The van der Waals surface area contributed by atoms with Crippen molar-refractivity contribution in [3.05, 3.63) is 52.9 Å². The van der Waals surface area contributed by atoms with Crippen molar-refractivity contribution in [1.82, 2.24) is 0 Å². The smallest absolute Gasteiger partial charge is 0.123 e. The number of hydrogen-bond acceptors (Lipinski definition) is 3. The Kier molecular flexibility index (Phi) is 3.91. The highest BCUT2D eigenvalue weighted by atomic mass is 35.5. The van der Waals surface area contributed by atoms with Crippen molar-refractivity contribution in [2.75, 3.05) is 11.4 Å². The van der Waals surface area contributed by atoms with Gasteiger partial charge in [-0.15, -0.1) is 0 Å². The molecule has 0 spiro atoms. The van der Waals surface area contributed by atoms with Crippen LogP contribution in [0.3, 0.4) is 0 Å². The number of furan rings is 1. The summed E-state index contributed by atoms with van der Waals surface area (Å²) >= 11 is 5.90. The van der Waals surface area contributed by atoms with Gasteiger partial charge in [0.15, 0.2) is 0 Å². The van der Waals surface area contributed by atoms with Crippen LogP contribution in [0, 0.1) is 11.3 Å². The third-order valence-corrected chi connectivity index (χ3v) is 2.96. The molecule has 0 aliphatic rings. The maximum absolute atomic E-state index is 9.15. The fraction of sp³-hybridized carbons (Fsp3) is 0.214. The summed E-state index contributed by atoms with van der Waals surface area (Å²) in [5, 5.41) is 9.73. The van der Waals surface area contributed by atoms with Crippen molar-refractivity contribution < 1.29 is 4.42 Å². The average molecular weight is 261 g/mol. The maximum Gasteiger partial charge on any atom is 0.123 e. The van der Waals surface area contributed by atoms with Crippen LogP contribution in [0.4, 0.5) is 5.69 Å². The Morgan fingerprint density at radius 1 is 1.39 bits per heavy atom. The molecule has 4 heteroatoms. The van der Waals surface area contributed by atoms with Gasteiger partial charge in [0.05, 0.1) is 24.1 Å². The fourth-order valence-corrected chi connectivity index (χ4v) is 2.00. The first kappa shape index (κ1) is 12.5. The molecule has 2 aromatic rings. The van der Waals surface area contributed by atoms with Crippen molar-refractivity contribution in [3.63, 3.8) is 0 Å². The Balaban J connectivity index is 2.30. The minimum absolute atomic E-state index is 0.573. The zero-order chi connectivity index (χ0) is 13.0. The molecule has 0 aliphatic heterocycles. The van der Waals surface area contributed by atoms with E-state index in [0.717, 1.165) is 18.0 Å². The lowest BCUT2D eigenvalue weighted by atomic mass is 10.1. The van der Waals surface area contributed by atoms with Crippen LogP contribution in [0.25, 0.3) is 0 Å². The summed E-state index contributed by atoms with van der Waals surface area (Å²) in [5.74, 6) is 0.871. The molecule has 1 heterocycles. The van der Waals surface area contributed by atoms with E-state index in [-0.39, 0.29) is 0 Å². The van der Waals surface area contributed by atoms with Gasteiger partial charge in [-0.2, -0.15) is 5.26 Å². The second-order valence-corrected chi connectivity index (χ2v) is 4.30. The number of benzene rings is 1. The zero-order valence-corrected chi connectivity index (χ0v) is 10.8. The molecule has 0 bridgehead atoms. The molecule has 0 unspecified atom stereocenters. The Labute approximate surface area is 111 Å². The lowest BCUT2D eigenvalue weighted by Gasteiger charge is -2.23. The van der Waals surface area contributed by atoms with Gasteiger partial charge >= 0.3 is 0 Å². The number of hydrogen-bond donors (Lipinski definition) is 0. The van der Waals surface area contributed by atoms with Gasteiger partial charge in [0.1, 0.15) is 11.8 Å². The quantitative estimate of drug-likeness (QED) is 0.839. The molecular weight excluding hydrogens is 248 g/mol. The monoisotopic (exact) mass is 260 g/mol. The summed E-state index contributed by atoms with van der Waals surface area (Å²) in [6.45, 7) is 3.47. The number of nitriles is 1. The molecule has 0 atom stereocenters. The van der Waals surface area contributed by atoms with Crippen LogP contribution in [0.5, 0.6) is 0 Å². The lowest BCUT2D eigenvalue weighted by Crippen LogP contribution is -2.22.